The van der Waals surface area contributed by atoms with Gasteiger partial charge < -0.3 is 20.1 Å². The maximum atomic E-state index is 11.9. The van der Waals surface area contributed by atoms with Gasteiger partial charge in [-0.15, -0.1) is 0 Å². The number of carbonyl (C=O) groups excluding carboxylic acids is 2. The van der Waals surface area contributed by atoms with Crippen molar-refractivity contribution in [2.24, 2.45) is 0 Å². The standard InChI is InChI=1S/C26H24N2O4/c29-25(9-5-19-3-7-23-21(17-19)11-15-31-23)27-13-1-2-14-28-26(30)10-6-20-4-8-24-22(18-20)12-16-32-24/h3-10,17-18H,11-16H2,(H,27,29)(H,28,30)/b9-5+,10-6+. The summed E-state index contributed by atoms with van der Waals surface area (Å²) in [6.45, 7) is 1.85. The van der Waals surface area contributed by atoms with Gasteiger partial charge in [0.2, 0.25) is 11.8 Å². The molecule has 162 valence electrons. The third-order valence-corrected chi connectivity index (χ3v) is 5.11. The molecule has 0 aliphatic carbocycles. The van der Waals surface area contributed by atoms with Crippen LogP contribution in [0.1, 0.15) is 22.3 Å². The van der Waals surface area contributed by atoms with Crippen LogP contribution in [0, 0.1) is 11.8 Å². The van der Waals surface area contributed by atoms with Crippen LogP contribution in [0.4, 0.5) is 0 Å². The molecule has 2 aromatic rings. The molecule has 2 aliphatic rings. The molecular weight excluding hydrogens is 404 g/mol. The lowest BCUT2D eigenvalue weighted by Crippen LogP contribution is -2.22. The zero-order chi connectivity index (χ0) is 22.2. The maximum absolute atomic E-state index is 11.9. The van der Waals surface area contributed by atoms with Gasteiger partial charge in [0, 0.05) is 25.0 Å². The summed E-state index contributed by atoms with van der Waals surface area (Å²) in [7, 11) is 0. The van der Waals surface area contributed by atoms with Crippen molar-refractivity contribution < 1.29 is 19.1 Å². The first-order valence-corrected chi connectivity index (χ1v) is 10.6. The summed E-state index contributed by atoms with van der Waals surface area (Å²) in [5, 5.41) is 5.40. The van der Waals surface area contributed by atoms with Gasteiger partial charge in [-0.1, -0.05) is 24.0 Å². The summed E-state index contributed by atoms with van der Waals surface area (Å²) in [5.41, 5.74) is 4.24. The fourth-order valence-electron chi connectivity index (χ4n) is 3.47. The predicted molar refractivity (Wildman–Crippen MR) is 123 cm³/mol. The maximum Gasteiger partial charge on any atom is 0.244 e. The second-order valence-electron chi connectivity index (χ2n) is 7.39. The van der Waals surface area contributed by atoms with Crippen LogP contribution < -0.4 is 20.1 Å². The summed E-state index contributed by atoms with van der Waals surface area (Å²) in [6, 6.07) is 11.8. The van der Waals surface area contributed by atoms with Crippen LogP contribution in [0.5, 0.6) is 11.5 Å². The van der Waals surface area contributed by atoms with E-state index >= 15 is 0 Å². The molecule has 0 saturated heterocycles. The highest BCUT2D eigenvalue weighted by atomic mass is 16.5. The molecule has 0 saturated carbocycles. The average Bonchev–Trinajstić information content (AvgIpc) is 3.47. The average molecular weight is 428 g/mol. The van der Waals surface area contributed by atoms with Crippen molar-refractivity contribution in [3.05, 3.63) is 70.8 Å². The minimum absolute atomic E-state index is 0.212. The Hall–Kier alpha value is -3.98. The van der Waals surface area contributed by atoms with Crippen molar-refractivity contribution >= 4 is 24.0 Å². The molecule has 0 unspecified atom stereocenters. The summed E-state index contributed by atoms with van der Waals surface area (Å²) in [6.07, 6.45) is 8.29. The molecule has 2 aromatic carbocycles. The van der Waals surface area contributed by atoms with Gasteiger partial charge in [0.1, 0.15) is 11.5 Å². The number of rotatable bonds is 6. The SMILES string of the molecule is O=C(/C=C/c1ccc2c(c1)CCO2)NCC#CCNC(=O)/C=C/c1ccc2c(c1)CCO2. The summed E-state index contributed by atoms with van der Waals surface area (Å²) >= 11 is 0. The first-order valence-electron chi connectivity index (χ1n) is 10.6. The Morgan fingerprint density at radius 2 is 1.25 bits per heavy atom. The van der Waals surface area contributed by atoms with Crippen LogP contribution >= 0.6 is 0 Å². The van der Waals surface area contributed by atoms with Crippen LogP contribution in [0.25, 0.3) is 12.2 Å². The molecular formula is C26H24N2O4. The number of amides is 2. The fraction of sp³-hybridized carbons (Fsp3) is 0.231. The first-order chi connectivity index (χ1) is 15.7. The lowest BCUT2D eigenvalue weighted by molar-refractivity contribution is -0.117. The van der Waals surface area contributed by atoms with Crippen LogP contribution in [0.15, 0.2) is 48.6 Å². The zero-order valence-electron chi connectivity index (χ0n) is 17.6. The van der Waals surface area contributed by atoms with Gasteiger partial charge in [-0.25, -0.2) is 0 Å². The van der Waals surface area contributed by atoms with Crippen LogP contribution in [-0.4, -0.2) is 38.1 Å². The highest BCUT2D eigenvalue weighted by Gasteiger charge is 2.12. The lowest BCUT2D eigenvalue weighted by Gasteiger charge is -2.00. The largest absolute Gasteiger partial charge is 0.493 e. The van der Waals surface area contributed by atoms with E-state index in [0.29, 0.717) is 13.2 Å². The van der Waals surface area contributed by atoms with Crippen molar-refractivity contribution in [3.63, 3.8) is 0 Å². The second kappa shape index (κ2) is 10.4. The van der Waals surface area contributed by atoms with Crippen LogP contribution in [0.2, 0.25) is 0 Å². The quantitative estimate of drug-likeness (QED) is 0.548. The summed E-state index contributed by atoms with van der Waals surface area (Å²) in [4.78, 5) is 23.8. The van der Waals surface area contributed by atoms with Crippen molar-refractivity contribution in [2.45, 2.75) is 12.8 Å². The van der Waals surface area contributed by atoms with E-state index in [-0.39, 0.29) is 24.9 Å². The van der Waals surface area contributed by atoms with Crippen LogP contribution in [0.3, 0.4) is 0 Å². The number of carbonyl (C=O) groups is 2. The van der Waals surface area contributed by atoms with E-state index in [0.717, 1.165) is 46.6 Å². The molecule has 6 nitrogen and oxygen atoms in total. The Morgan fingerprint density at radius 1 is 0.781 bits per heavy atom. The molecule has 6 heteroatoms. The van der Waals surface area contributed by atoms with Gasteiger partial charge in [-0.3, -0.25) is 9.59 Å². The monoisotopic (exact) mass is 428 g/mol. The van der Waals surface area contributed by atoms with E-state index in [1.54, 1.807) is 12.2 Å². The van der Waals surface area contributed by atoms with Crippen molar-refractivity contribution in [2.75, 3.05) is 26.3 Å². The van der Waals surface area contributed by atoms with Gasteiger partial charge in [-0.05, 0) is 58.7 Å². The van der Waals surface area contributed by atoms with E-state index in [4.69, 9.17) is 9.47 Å². The second-order valence-corrected chi connectivity index (χ2v) is 7.39. The molecule has 0 fully saturated rings. The van der Waals surface area contributed by atoms with Crippen molar-refractivity contribution in [1.29, 1.82) is 0 Å². The van der Waals surface area contributed by atoms with E-state index < -0.39 is 0 Å². The minimum atomic E-state index is -0.220. The van der Waals surface area contributed by atoms with E-state index in [9.17, 15) is 9.59 Å². The molecule has 2 N–H and O–H groups in total. The van der Waals surface area contributed by atoms with Gasteiger partial charge in [0.25, 0.3) is 0 Å². The third-order valence-electron chi connectivity index (χ3n) is 5.11. The molecule has 32 heavy (non-hydrogen) atoms. The number of hydrogen-bond donors (Lipinski definition) is 2. The normalized spacial score (nSPS) is 13.6. The zero-order valence-corrected chi connectivity index (χ0v) is 17.6. The van der Waals surface area contributed by atoms with Crippen molar-refractivity contribution in [3.8, 4) is 23.3 Å². The Morgan fingerprint density at radius 3 is 1.72 bits per heavy atom. The molecule has 0 spiro atoms. The Bertz CT molecular complexity index is 1050. The topological polar surface area (TPSA) is 76.7 Å². The van der Waals surface area contributed by atoms with Gasteiger partial charge >= 0.3 is 0 Å². The highest BCUT2D eigenvalue weighted by molar-refractivity contribution is 5.92. The number of fused-ring (bicyclic) bond motifs is 2. The number of ether oxygens (including phenoxy) is 2. The smallest absolute Gasteiger partial charge is 0.244 e. The first kappa shape index (κ1) is 21.3. The number of nitrogens with one attached hydrogen (secondary N) is 2. The predicted octanol–water partition coefficient (Wildman–Crippen LogP) is 2.52. The van der Waals surface area contributed by atoms with E-state index in [1.165, 1.54) is 12.2 Å². The van der Waals surface area contributed by atoms with Crippen LogP contribution in [-0.2, 0) is 22.4 Å². The number of hydrogen-bond acceptors (Lipinski definition) is 4. The third kappa shape index (κ3) is 5.79. The van der Waals surface area contributed by atoms with E-state index in [2.05, 4.69) is 22.5 Å². The van der Waals surface area contributed by atoms with E-state index in [1.807, 2.05) is 36.4 Å². The molecule has 2 heterocycles. The molecule has 2 amide bonds. The summed E-state index contributed by atoms with van der Waals surface area (Å²) in [5.74, 6) is 7.04. The molecule has 4 rings (SSSR count). The summed E-state index contributed by atoms with van der Waals surface area (Å²) < 4.78 is 10.9. The molecule has 0 bridgehead atoms. The fourth-order valence-corrected chi connectivity index (χ4v) is 3.47. The lowest BCUT2D eigenvalue weighted by atomic mass is 10.1. The molecule has 0 radical (unpaired) electrons. The molecule has 0 atom stereocenters. The Balaban J connectivity index is 1.14. The highest BCUT2D eigenvalue weighted by Crippen LogP contribution is 2.27. The van der Waals surface area contributed by atoms with Gasteiger partial charge in [0.05, 0.1) is 26.3 Å². The Labute approximate surface area is 187 Å². The van der Waals surface area contributed by atoms with Gasteiger partial charge in [-0.2, -0.15) is 0 Å². The minimum Gasteiger partial charge on any atom is -0.493 e. The Kier molecular flexibility index (Phi) is 6.88. The molecule has 0 aromatic heterocycles. The van der Waals surface area contributed by atoms with Gasteiger partial charge in [0.15, 0.2) is 0 Å². The molecule has 2 aliphatic heterocycles. The number of benzene rings is 2. The van der Waals surface area contributed by atoms with Crippen molar-refractivity contribution in [1.82, 2.24) is 10.6 Å².